The van der Waals surface area contributed by atoms with Gasteiger partial charge in [0.1, 0.15) is 17.7 Å². The standard InChI is InChI=1S/C21H22FN5O2/c22-18-5-3-15(4-6-18)13-25-20(28)21(29)26-14-16-7-10-27(11-8-16)19-17(12-23)2-1-9-24-19/h1-6,9,16H,7-8,10-11,13-14H2,(H,25,28)(H,26,29). The number of pyridine rings is 1. The SMILES string of the molecule is N#Cc1cccnc1N1CCC(CNC(=O)C(=O)NCc2ccc(F)cc2)CC1. The molecule has 1 aliphatic heterocycles. The van der Waals surface area contributed by atoms with Gasteiger partial charge < -0.3 is 15.5 Å². The van der Waals surface area contributed by atoms with Gasteiger partial charge in [-0.05, 0) is 48.6 Å². The molecule has 150 valence electrons. The van der Waals surface area contributed by atoms with Gasteiger partial charge in [-0.3, -0.25) is 9.59 Å². The summed E-state index contributed by atoms with van der Waals surface area (Å²) in [6, 6.07) is 11.4. The lowest BCUT2D eigenvalue weighted by Gasteiger charge is -2.33. The Morgan fingerprint density at radius 3 is 2.52 bits per heavy atom. The number of anilines is 1. The summed E-state index contributed by atoms with van der Waals surface area (Å²) in [4.78, 5) is 30.3. The largest absolute Gasteiger partial charge is 0.356 e. The molecule has 1 aromatic heterocycles. The van der Waals surface area contributed by atoms with Crippen LogP contribution in [0.3, 0.4) is 0 Å². The van der Waals surface area contributed by atoms with Crippen molar-refractivity contribution in [1.82, 2.24) is 15.6 Å². The van der Waals surface area contributed by atoms with E-state index < -0.39 is 11.8 Å². The van der Waals surface area contributed by atoms with Crippen LogP contribution in [0.5, 0.6) is 0 Å². The van der Waals surface area contributed by atoms with E-state index in [9.17, 15) is 19.2 Å². The molecule has 2 aromatic rings. The van der Waals surface area contributed by atoms with Crippen molar-refractivity contribution in [3.8, 4) is 6.07 Å². The second-order valence-electron chi connectivity index (χ2n) is 6.94. The van der Waals surface area contributed by atoms with Gasteiger partial charge >= 0.3 is 11.8 Å². The zero-order valence-corrected chi connectivity index (χ0v) is 15.9. The quantitative estimate of drug-likeness (QED) is 0.752. The van der Waals surface area contributed by atoms with Crippen LogP contribution in [-0.4, -0.2) is 36.4 Å². The fraction of sp³-hybridized carbons (Fsp3) is 0.333. The Hall–Kier alpha value is -3.47. The monoisotopic (exact) mass is 395 g/mol. The third kappa shape index (κ3) is 5.51. The van der Waals surface area contributed by atoms with Gasteiger partial charge in [0, 0.05) is 32.4 Å². The highest BCUT2D eigenvalue weighted by Gasteiger charge is 2.23. The second-order valence-corrected chi connectivity index (χ2v) is 6.94. The minimum Gasteiger partial charge on any atom is -0.356 e. The summed E-state index contributed by atoms with van der Waals surface area (Å²) in [5.74, 6) is -0.785. The summed E-state index contributed by atoms with van der Waals surface area (Å²) in [6.07, 6.45) is 3.34. The molecule has 0 spiro atoms. The van der Waals surface area contributed by atoms with E-state index >= 15 is 0 Å². The zero-order valence-electron chi connectivity index (χ0n) is 15.9. The number of amides is 2. The van der Waals surface area contributed by atoms with Crippen molar-refractivity contribution in [2.45, 2.75) is 19.4 Å². The van der Waals surface area contributed by atoms with Crippen LogP contribution < -0.4 is 15.5 Å². The first kappa shape index (κ1) is 20.3. The molecule has 0 aliphatic carbocycles. The molecule has 8 heteroatoms. The van der Waals surface area contributed by atoms with E-state index in [1.165, 1.54) is 12.1 Å². The molecule has 1 aromatic carbocycles. The molecular formula is C21H22FN5O2. The summed E-state index contributed by atoms with van der Waals surface area (Å²) >= 11 is 0. The average Bonchev–Trinajstić information content (AvgIpc) is 2.77. The molecule has 2 N–H and O–H groups in total. The highest BCUT2D eigenvalue weighted by atomic mass is 19.1. The Morgan fingerprint density at radius 1 is 1.14 bits per heavy atom. The van der Waals surface area contributed by atoms with Crippen LogP contribution in [0.2, 0.25) is 0 Å². The van der Waals surface area contributed by atoms with Crippen LogP contribution in [0.1, 0.15) is 24.0 Å². The molecule has 0 bridgehead atoms. The van der Waals surface area contributed by atoms with Crippen LogP contribution in [0.15, 0.2) is 42.6 Å². The highest BCUT2D eigenvalue weighted by molar-refractivity contribution is 6.35. The summed E-state index contributed by atoms with van der Waals surface area (Å²) in [5, 5.41) is 14.4. The molecule has 1 saturated heterocycles. The van der Waals surface area contributed by atoms with Crippen LogP contribution in [0.25, 0.3) is 0 Å². The molecule has 0 saturated carbocycles. The predicted molar refractivity (Wildman–Crippen MR) is 105 cm³/mol. The van der Waals surface area contributed by atoms with Crippen molar-refractivity contribution in [2.24, 2.45) is 5.92 Å². The molecule has 2 heterocycles. The number of benzene rings is 1. The lowest BCUT2D eigenvalue weighted by molar-refractivity contribution is -0.139. The summed E-state index contributed by atoms with van der Waals surface area (Å²) in [7, 11) is 0. The Balaban J connectivity index is 1.40. The van der Waals surface area contributed by atoms with Crippen LogP contribution >= 0.6 is 0 Å². The number of hydrogen-bond donors (Lipinski definition) is 2. The number of carbonyl (C=O) groups is 2. The van der Waals surface area contributed by atoms with Gasteiger partial charge in [-0.15, -0.1) is 0 Å². The maximum Gasteiger partial charge on any atom is 0.309 e. The van der Waals surface area contributed by atoms with Crippen molar-refractivity contribution >= 4 is 17.6 Å². The van der Waals surface area contributed by atoms with Gasteiger partial charge in [0.05, 0.1) is 5.56 Å². The molecule has 1 fully saturated rings. The molecule has 0 radical (unpaired) electrons. The predicted octanol–water partition coefficient (Wildman–Crippen LogP) is 1.74. The van der Waals surface area contributed by atoms with Gasteiger partial charge in [-0.2, -0.15) is 5.26 Å². The van der Waals surface area contributed by atoms with Gasteiger partial charge in [0.15, 0.2) is 0 Å². The Morgan fingerprint density at radius 2 is 1.83 bits per heavy atom. The molecule has 0 unspecified atom stereocenters. The molecule has 29 heavy (non-hydrogen) atoms. The normalized spacial score (nSPS) is 14.1. The smallest absolute Gasteiger partial charge is 0.309 e. The van der Waals surface area contributed by atoms with E-state index in [-0.39, 0.29) is 18.3 Å². The third-order valence-corrected chi connectivity index (χ3v) is 4.95. The maximum absolute atomic E-state index is 12.9. The second kappa shape index (κ2) is 9.64. The summed E-state index contributed by atoms with van der Waals surface area (Å²) in [5.41, 5.74) is 1.27. The number of rotatable bonds is 5. The van der Waals surface area contributed by atoms with Gasteiger partial charge in [0.25, 0.3) is 0 Å². The topological polar surface area (TPSA) is 98.1 Å². The minimum absolute atomic E-state index is 0.163. The number of halogens is 1. The van der Waals surface area contributed by atoms with E-state index in [2.05, 4.69) is 26.6 Å². The summed E-state index contributed by atoms with van der Waals surface area (Å²) in [6.45, 7) is 2.06. The fourth-order valence-electron chi connectivity index (χ4n) is 3.27. The average molecular weight is 395 g/mol. The Kier molecular flexibility index (Phi) is 6.74. The summed E-state index contributed by atoms with van der Waals surface area (Å²) < 4.78 is 12.9. The first-order chi connectivity index (χ1) is 14.1. The lowest BCUT2D eigenvalue weighted by atomic mass is 9.96. The van der Waals surface area contributed by atoms with Crippen molar-refractivity contribution in [2.75, 3.05) is 24.5 Å². The number of carbonyl (C=O) groups excluding carboxylic acids is 2. The molecule has 1 aliphatic rings. The molecule has 7 nitrogen and oxygen atoms in total. The lowest BCUT2D eigenvalue weighted by Crippen LogP contribution is -2.43. The first-order valence-corrected chi connectivity index (χ1v) is 9.47. The molecule has 3 rings (SSSR count). The van der Waals surface area contributed by atoms with Gasteiger partial charge in [0.2, 0.25) is 0 Å². The van der Waals surface area contributed by atoms with Crippen LogP contribution in [-0.2, 0) is 16.1 Å². The zero-order chi connectivity index (χ0) is 20.6. The number of piperidine rings is 1. The molecular weight excluding hydrogens is 373 g/mol. The number of aromatic nitrogens is 1. The van der Waals surface area contributed by atoms with Crippen LogP contribution in [0, 0.1) is 23.1 Å². The van der Waals surface area contributed by atoms with Crippen molar-refractivity contribution in [1.29, 1.82) is 5.26 Å². The number of nitriles is 1. The third-order valence-electron chi connectivity index (χ3n) is 4.95. The van der Waals surface area contributed by atoms with E-state index in [0.717, 1.165) is 25.9 Å². The van der Waals surface area contributed by atoms with E-state index in [1.54, 1.807) is 30.5 Å². The van der Waals surface area contributed by atoms with Crippen molar-refractivity contribution in [3.63, 3.8) is 0 Å². The van der Waals surface area contributed by atoms with Crippen LogP contribution in [0.4, 0.5) is 10.2 Å². The van der Waals surface area contributed by atoms with Crippen molar-refractivity contribution < 1.29 is 14.0 Å². The highest BCUT2D eigenvalue weighted by Crippen LogP contribution is 2.23. The molecule has 2 amide bonds. The van der Waals surface area contributed by atoms with E-state index in [1.807, 2.05) is 0 Å². The van der Waals surface area contributed by atoms with Crippen molar-refractivity contribution in [3.05, 3.63) is 59.5 Å². The maximum atomic E-state index is 12.9. The van der Waals surface area contributed by atoms with Gasteiger partial charge in [-0.25, -0.2) is 9.37 Å². The fourth-order valence-corrected chi connectivity index (χ4v) is 3.27. The van der Waals surface area contributed by atoms with E-state index in [4.69, 9.17) is 0 Å². The Bertz CT molecular complexity index is 902. The van der Waals surface area contributed by atoms with Gasteiger partial charge in [-0.1, -0.05) is 12.1 Å². The number of hydrogen-bond acceptors (Lipinski definition) is 5. The first-order valence-electron chi connectivity index (χ1n) is 9.47. The number of nitrogens with one attached hydrogen (secondary N) is 2. The number of nitrogens with zero attached hydrogens (tertiary/aromatic N) is 3. The minimum atomic E-state index is -0.709. The Labute approximate surface area is 168 Å². The molecule has 0 atom stereocenters. The van der Waals surface area contributed by atoms with E-state index in [0.29, 0.717) is 23.5 Å².